The van der Waals surface area contributed by atoms with Crippen LogP contribution in [0, 0.1) is 0 Å². The van der Waals surface area contributed by atoms with E-state index >= 15 is 0 Å². The van der Waals surface area contributed by atoms with E-state index in [0.29, 0.717) is 17.9 Å². The molecule has 1 fully saturated rings. The Labute approximate surface area is 195 Å². The molecule has 4 rings (SSSR count). The minimum absolute atomic E-state index is 0.0863. The Hall–Kier alpha value is -3.33. The van der Waals surface area contributed by atoms with Crippen LogP contribution in [0.1, 0.15) is 41.5 Å². The third-order valence-corrected chi connectivity index (χ3v) is 6.21. The summed E-state index contributed by atoms with van der Waals surface area (Å²) in [7, 11) is 0. The van der Waals surface area contributed by atoms with Gasteiger partial charge < -0.3 is 19.3 Å². The predicted molar refractivity (Wildman–Crippen MR) is 123 cm³/mol. The molecule has 8 nitrogen and oxygen atoms in total. The van der Waals surface area contributed by atoms with Gasteiger partial charge in [0, 0.05) is 24.7 Å². The van der Waals surface area contributed by atoms with Crippen molar-refractivity contribution in [3.8, 4) is 11.6 Å². The molecule has 1 aliphatic carbocycles. The summed E-state index contributed by atoms with van der Waals surface area (Å²) in [4.78, 5) is 28.3. The summed E-state index contributed by atoms with van der Waals surface area (Å²) in [5.41, 5.74) is 3.12. The van der Waals surface area contributed by atoms with Crippen LogP contribution in [0.25, 0.3) is 0 Å². The molecule has 1 saturated carbocycles. The minimum atomic E-state index is -0.833. The second-order valence-corrected chi connectivity index (χ2v) is 8.86. The Morgan fingerprint density at radius 2 is 1.94 bits per heavy atom. The Morgan fingerprint density at radius 1 is 1.18 bits per heavy atom. The zero-order chi connectivity index (χ0) is 23.2. The molecule has 0 atom stereocenters. The van der Waals surface area contributed by atoms with E-state index in [4.69, 9.17) is 14.2 Å². The van der Waals surface area contributed by atoms with Crippen LogP contribution in [-0.2, 0) is 35.5 Å². The molecule has 0 radical (unpaired) electrons. The summed E-state index contributed by atoms with van der Waals surface area (Å²) < 4.78 is 16.7. The van der Waals surface area contributed by atoms with E-state index in [1.165, 1.54) is 5.56 Å². The van der Waals surface area contributed by atoms with Crippen molar-refractivity contribution in [3.05, 3.63) is 74.0 Å². The lowest BCUT2D eigenvalue weighted by atomic mass is 10.1. The van der Waals surface area contributed by atoms with Crippen LogP contribution >= 0.6 is 11.3 Å². The van der Waals surface area contributed by atoms with Crippen LogP contribution in [-0.4, -0.2) is 33.5 Å². The van der Waals surface area contributed by atoms with Crippen molar-refractivity contribution in [2.45, 2.75) is 51.9 Å². The van der Waals surface area contributed by atoms with Crippen molar-refractivity contribution in [2.75, 3.05) is 6.61 Å². The number of pyridine rings is 1. The number of aromatic nitrogens is 2. The average molecular weight is 471 g/mol. The Morgan fingerprint density at radius 3 is 2.61 bits per heavy atom. The number of thiazole rings is 1. The lowest BCUT2D eigenvalue weighted by molar-refractivity contribution is 0.0268. The molecule has 33 heavy (non-hydrogen) atoms. The fourth-order valence-corrected chi connectivity index (χ4v) is 4.02. The van der Waals surface area contributed by atoms with E-state index in [-0.39, 0.29) is 18.7 Å². The first-order valence-electron chi connectivity index (χ1n) is 10.9. The molecule has 1 aliphatic rings. The number of rotatable bonds is 10. The molecule has 0 bridgehead atoms. The topological polar surface area (TPSA) is 99.9 Å². The first-order valence-corrected chi connectivity index (χ1v) is 11.7. The minimum Gasteiger partial charge on any atom is -0.494 e. The van der Waals surface area contributed by atoms with Gasteiger partial charge in [0.25, 0.3) is 0 Å². The van der Waals surface area contributed by atoms with Crippen LogP contribution in [0.4, 0.5) is 4.79 Å². The molecular weight excluding hydrogens is 444 g/mol. The third-order valence-electron chi connectivity index (χ3n) is 5.24. The van der Waals surface area contributed by atoms with Crippen LogP contribution in [0.15, 0.2) is 47.4 Å². The molecule has 0 unspecified atom stereocenters. The number of hydrogen-bond donors (Lipinski definition) is 1. The first-order chi connectivity index (χ1) is 16.0. The van der Waals surface area contributed by atoms with Gasteiger partial charge in [0.15, 0.2) is 6.73 Å². The number of carbonyl (C=O) groups excluding carboxylic acids is 1. The number of aromatic hydroxyl groups is 1. The van der Waals surface area contributed by atoms with Gasteiger partial charge in [-0.25, -0.2) is 9.36 Å². The van der Waals surface area contributed by atoms with Crippen LogP contribution in [0.5, 0.6) is 11.6 Å². The fraction of sp³-hybridized carbons (Fsp3) is 0.375. The highest BCUT2D eigenvalue weighted by Crippen LogP contribution is 2.26. The van der Waals surface area contributed by atoms with Crippen molar-refractivity contribution in [2.24, 2.45) is 0 Å². The molecule has 0 spiro atoms. The quantitative estimate of drug-likeness (QED) is 0.446. The van der Waals surface area contributed by atoms with Gasteiger partial charge in [0.2, 0.25) is 5.88 Å². The Kier molecular flexibility index (Phi) is 7.29. The Balaban J connectivity index is 1.28. The van der Waals surface area contributed by atoms with E-state index in [0.717, 1.165) is 58.6 Å². The van der Waals surface area contributed by atoms with Crippen molar-refractivity contribution in [1.29, 1.82) is 0 Å². The number of hydrogen-bond acceptors (Lipinski definition) is 8. The largest absolute Gasteiger partial charge is 0.510 e. The first kappa shape index (κ1) is 22.8. The van der Waals surface area contributed by atoms with Gasteiger partial charge in [-0.05, 0) is 48.6 Å². The second-order valence-electron chi connectivity index (χ2n) is 7.81. The second kappa shape index (κ2) is 10.5. The van der Waals surface area contributed by atoms with E-state index in [2.05, 4.69) is 18.0 Å². The fourth-order valence-electron chi connectivity index (χ4n) is 3.12. The highest BCUT2D eigenvalue weighted by atomic mass is 32.1. The van der Waals surface area contributed by atoms with Crippen LogP contribution < -0.4 is 9.61 Å². The predicted octanol–water partition coefficient (Wildman–Crippen LogP) is 4.06. The molecule has 9 heteroatoms. The summed E-state index contributed by atoms with van der Waals surface area (Å²) in [5, 5.41) is 10.4. The smallest absolute Gasteiger partial charge is 0.494 e. The summed E-state index contributed by atoms with van der Waals surface area (Å²) in [6.07, 6.45) is 4.70. The molecule has 1 N–H and O–H groups in total. The van der Waals surface area contributed by atoms with Gasteiger partial charge in [-0.1, -0.05) is 36.5 Å². The number of ether oxygens (including phenoxy) is 3. The van der Waals surface area contributed by atoms with Gasteiger partial charge in [0.05, 0.1) is 11.5 Å². The number of carbonyl (C=O) groups is 1. The lowest BCUT2D eigenvalue weighted by Gasteiger charge is -2.08. The van der Waals surface area contributed by atoms with E-state index in [1.807, 2.05) is 36.5 Å². The van der Waals surface area contributed by atoms with E-state index in [9.17, 15) is 14.7 Å². The summed E-state index contributed by atoms with van der Waals surface area (Å²) >= 11 is 0.919. The molecule has 3 aromatic rings. The standard InChI is InChI=1S/C24H26N2O6S/c1-2-16-3-6-18(25-14-16)11-12-30-19-7-4-17(5-8-19)13-21-22(27)26(23(28)33-21)15-31-24(29)32-20-9-10-20/h3-8,14,20,27H,2,9-13,15H2,1H3. The molecule has 0 aliphatic heterocycles. The van der Waals surface area contributed by atoms with E-state index < -0.39 is 11.0 Å². The van der Waals surface area contributed by atoms with Crippen molar-refractivity contribution >= 4 is 17.5 Å². The SMILES string of the molecule is CCc1ccc(CCOc2ccc(Cc3sc(=O)n(COC(=O)OC4CC4)c3O)cc2)nc1. The van der Waals surface area contributed by atoms with Gasteiger partial charge in [-0.3, -0.25) is 9.78 Å². The third kappa shape index (κ3) is 6.35. The normalized spacial score (nSPS) is 13.0. The zero-order valence-electron chi connectivity index (χ0n) is 18.4. The molecular formula is C24H26N2O6S. The number of nitrogens with zero attached hydrogens (tertiary/aromatic N) is 2. The highest BCUT2D eigenvalue weighted by molar-refractivity contribution is 7.09. The van der Waals surface area contributed by atoms with Crippen molar-refractivity contribution in [3.63, 3.8) is 0 Å². The summed E-state index contributed by atoms with van der Waals surface area (Å²) in [6.45, 7) is 2.24. The zero-order valence-corrected chi connectivity index (χ0v) is 19.2. The maximum absolute atomic E-state index is 12.2. The summed E-state index contributed by atoms with van der Waals surface area (Å²) in [5.74, 6) is 0.535. The number of benzene rings is 1. The van der Waals surface area contributed by atoms with Crippen molar-refractivity contribution < 1.29 is 24.1 Å². The molecule has 0 amide bonds. The lowest BCUT2D eigenvalue weighted by Crippen LogP contribution is -2.18. The molecule has 2 heterocycles. The van der Waals surface area contributed by atoms with Gasteiger partial charge in [0.1, 0.15) is 11.9 Å². The average Bonchev–Trinajstić information content (AvgIpc) is 3.59. The van der Waals surface area contributed by atoms with Crippen LogP contribution in [0.3, 0.4) is 0 Å². The van der Waals surface area contributed by atoms with Gasteiger partial charge >= 0.3 is 11.0 Å². The highest BCUT2D eigenvalue weighted by Gasteiger charge is 2.27. The monoisotopic (exact) mass is 470 g/mol. The number of aryl methyl sites for hydroxylation is 1. The van der Waals surface area contributed by atoms with Crippen molar-refractivity contribution in [1.82, 2.24) is 9.55 Å². The molecule has 1 aromatic carbocycles. The van der Waals surface area contributed by atoms with E-state index in [1.54, 1.807) is 0 Å². The molecule has 2 aromatic heterocycles. The van der Waals surface area contributed by atoms with Crippen LogP contribution in [0.2, 0.25) is 0 Å². The van der Waals surface area contributed by atoms with Gasteiger partial charge in [-0.2, -0.15) is 0 Å². The maximum Gasteiger partial charge on any atom is 0.510 e. The van der Waals surface area contributed by atoms with Gasteiger partial charge in [-0.15, -0.1) is 0 Å². The molecule has 174 valence electrons. The molecule has 0 saturated heterocycles. The Bertz CT molecular complexity index is 1130. The summed E-state index contributed by atoms with van der Waals surface area (Å²) in [6, 6.07) is 11.6. The maximum atomic E-state index is 12.2.